The van der Waals surface area contributed by atoms with E-state index in [9.17, 15) is 14.9 Å². The molecule has 8 nitrogen and oxygen atoms in total. The lowest BCUT2D eigenvalue weighted by Gasteiger charge is -2.17. The van der Waals surface area contributed by atoms with Gasteiger partial charge in [0.1, 0.15) is 11.8 Å². The molecule has 2 aliphatic rings. The highest BCUT2D eigenvalue weighted by Gasteiger charge is 2.39. The number of nitriles is 1. The van der Waals surface area contributed by atoms with E-state index in [1.807, 2.05) is 19.9 Å². The fourth-order valence-electron chi connectivity index (χ4n) is 3.07. The van der Waals surface area contributed by atoms with E-state index in [-0.39, 0.29) is 25.4 Å². The Morgan fingerprint density at radius 1 is 0.889 bits per heavy atom. The number of allylic oxidation sites excluding steroid dienone is 1. The molecule has 1 aromatic rings. The Morgan fingerprint density at radius 3 is 1.92 bits per heavy atom. The van der Waals surface area contributed by atoms with Gasteiger partial charge in [-0.2, -0.15) is 5.26 Å². The van der Waals surface area contributed by atoms with Crippen LogP contribution in [0.15, 0.2) is 39.3 Å². The second kappa shape index (κ2) is 13.2. The number of fused-ring (bicyclic) bond motifs is 2. The van der Waals surface area contributed by atoms with Crippen LogP contribution in [0.3, 0.4) is 0 Å². The molecule has 2 heterocycles. The minimum atomic E-state index is -0.695. The Balaban J connectivity index is 2.19. The van der Waals surface area contributed by atoms with Gasteiger partial charge in [-0.05, 0) is 26.7 Å². The van der Waals surface area contributed by atoms with Crippen LogP contribution < -0.4 is 9.47 Å². The average Bonchev–Trinajstić information content (AvgIpc) is 3.48. The van der Waals surface area contributed by atoms with Crippen molar-refractivity contribution >= 4 is 59.0 Å². The summed E-state index contributed by atoms with van der Waals surface area (Å²) in [6.07, 6.45) is 1.36. The predicted octanol–water partition coefficient (Wildman–Crippen LogP) is 6.61. The Hall–Kier alpha value is -2.38. The lowest BCUT2D eigenvalue weighted by Crippen LogP contribution is -2.15. The Kier molecular flexibility index (Phi) is 10.4. The largest absolute Gasteiger partial charge is 0.491 e. The zero-order chi connectivity index (χ0) is 26.2. The second-order valence-electron chi connectivity index (χ2n) is 7.02. The zero-order valence-corrected chi connectivity index (χ0v) is 23.5. The van der Waals surface area contributed by atoms with Crippen molar-refractivity contribution in [1.82, 2.24) is 0 Å². The Bertz CT molecular complexity index is 1210. The molecule has 0 atom stereocenters. The van der Waals surface area contributed by atoms with Crippen molar-refractivity contribution < 1.29 is 28.5 Å². The van der Waals surface area contributed by atoms with Crippen LogP contribution in [0, 0.1) is 17.9 Å². The average molecular weight is 565 g/mol. The molecule has 0 saturated heterocycles. The van der Waals surface area contributed by atoms with Crippen molar-refractivity contribution in [2.45, 2.75) is 60.1 Å². The van der Waals surface area contributed by atoms with E-state index in [1.165, 1.54) is 47.0 Å². The molecular formula is C24H24N2O6S4. The van der Waals surface area contributed by atoms with Crippen LogP contribution >= 0.6 is 47.0 Å². The van der Waals surface area contributed by atoms with Crippen LogP contribution in [0.25, 0.3) is 4.85 Å². The number of carbonyl (C=O) groups excluding carboxylic acids is 2. The number of benzene rings is 1. The molecule has 12 heteroatoms. The summed E-state index contributed by atoms with van der Waals surface area (Å²) in [6, 6.07) is 1.96. The number of hydrogen-bond acceptors (Lipinski definition) is 11. The summed E-state index contributed by atoms with van der Waals surface area (Å²) in [5.41, 5.74) is 0.539. The number of carbonyl (C=O) groups is 2. The third kappa shape index (κ3) is 5.94. The quantitative estimate of drug-likeness (QED) is 0.133. The fraction of sp³-hybridized carbons (Fsp3) is 0.417. The number of rotatable bonds is 10. The molecule has 1 aromatic carbocycles. The molecule has 0 saturated carbocycles. The number of hydrogen-bond donors (Lipinski definition) is 0. The molecule has 0 bridgehead atoms. The molecule has 0 N–H and O–H groups in total. The summed E-state index contributed by atoms with van der Waals surface area (Å²) in [5, 5.41) is 9.69. The maximum Gasteiger partial charge on any atom is 0.350 e. The Labute approximate surface area is 227 Å². The highest BCUT2D eigenvalue weighted by molar-refractivity contribution is 8.26. The summed E-state index contributed by atoms with van der Waals surface area (Å²) < 4.78 is 23.6. The van der Waals surface area contributed by atoms with E-state index >= 15 is 0 Å². The van der Waals surface area contributed by atoms with E-state index in [0.717, 1.165) is 20.4 Å². The first-order valence-electron chi connectivity index (χ1n) is 11.2. The van der Waals surface area contributed by atoms with Crippen molar-refractivity contribution in [3.05, 3.63) is 31.2 Å². The van der Waals surface area contributed by atoms with E-state index < -0.39 is 11.9 Å². The molecule has 0 spiro atoms. The molecule has 0 aromatic heterocycles. The van der Waals surface area contributed by atoms with Gasteiger partial charge in [0.05, 0.1) is 54.4 Å². The highest BCUT2D eigenvalue weighted by atomic mass is 32.2. The van der Waals surface area contributed by atoms with Crippen LogP contribution in [0.4, 0.5) is 0 Å². The van der Waals surface area contributed by atoms with Gasteiger partial charge in [-0.15, -0.1) is 0 Å². The van der Waals surface area contributed by atoms with Crippen molar-refractivity contribution in [1.29, 1.82) is 5.26 Å². The molecule has 0 amide bonds. The first kappa shape index (κ1) is 28.2. The van der Waals surface area contributed by atoms with Crippen molar-refractivity contribution in [2.24, 2.45) is 0 Å². The first-order valence-corrected chi connectivity index (χ1v) is 14.5. The van der Waals surface area contributed by atoms with E-state index in [0.29, 0.717) is 44.3 Å². The van der Waals surface area contributed by atoms with Crippen LogP contribution in [0.5, 0.6) is 11.5 Å². The summed E-state index contributed by atoms with van der Waals surface area (Å²) in [7, 11) is 0. The van der Waals surface area contributed by atoms with Gasteiger partial charge >= 0.3 is 11.9 Å². The van der Waals surface area contributed by atoms with Gasteiger partial charge in [-0.1, -0.05) is 60.9 Å². The van der Waals surface area contributed by atoms with Crippen LogP contribution in [0.1, 0.15) is 40.5 Å². The molecule has 0 unspecified atom stereocenters. The Morgan fingerprint density at radius 2 is 1.44 bits per heavy atom. The normalized spacial score (nSPS) is 16.3. The smallest absolute Gasteiger partial charge is 0.350 e. The van der Waals surface area contributed by atoms with E-state index in [1.54, 1.807) is 13.8 Å². The number of ether oxygens (including phenoxy) is 4. The van der Waals surface area contributed by atoms with Crippen LogP contribution in [-0.2, 0) is 19.1 Å². The summed E-state index contributed by atoms with van der Waals surface area (Å²) in [4.78, 5) is 31.1. The SMILES string of the molecule is [C-]#[N+]C(CC)=C1Sc2c(OCCC)c3c(c(OCC(=O)OCC)c2S1)SC(=C(C#N)C(=O)OCC)S3. The van der Waals surface area contributed by atoms with Gasteiger partial charge in [0.25, 0.3) is 0 Å². The second-order valence-corrected chi connectivity index (χ2v) is 11.6. The first-order chi connectivity index (χ1) is 17.4. The lowest BCUT2D eigenvalue weighted by molar-refractivity contribution is -0.145. The molecule has 190 valence electrons. The maximum absolute atomic E-state index is 12.4. The van der Waals surface area contributed by atoms with Crippen molar-refractivity contribution in [3.63, 3.8) is 0 Å². The van der Waals surface area contributed by atoms with Gasteiger partial charge < -0.3 is 18.9 Å². The zero-order valence-electron chi connectivity index (χ0n) is 20.2. The molecule has 3 rings (SSSR count). The lowest BCUT2D eigenvalue weighted by atomic mass is 10.3. The molecule has 0 fully saturated rings. The predicted molar refractivity (Wildman–Crippen MR) is 141 cm³/mol. The van der Waals surface area contributed by atoms with Gasteiger partial charge in [0, 0.05) is 0 Å². The van der Waals surface area contributed by atoms with Gasteiger partial charge in [0.15, 0.2) is 23.6 Å². The minimum Gasteiger partial charge on any atom is -0.491 e. The number of thioether (sulfide) groups is 4. The molecule has 0 aliphatic carbocycles. The molecule has 2 aliphatic heterocycles. The van der Waals surface area contributed by atoms with Crippen molar-refractivity contribution in [3.8, 4) is 17.6 Å². The van der Waals surface area contributed by atoms with Crippen molar-refractivity contribution in [2.75, 3.05) is 26.4 Å². The number of esters is 2. The van der Waals surface area contributed by atoms with Crippen LogP contribution in [-0.4, -0.2) is 38.4 Å². The standard InChI is InChI=1S/C24H24N2O6S4/c1-6-10-31-16-18-20(34-23(33-18)13(11-25)22(28)30-9-4)17(32-12-15(27)29-8-3)21-19(16)35-24(36-21)14(7-2)26-5/h6-10,12H2,1-4H3. The minimum absolute atomic E-state index is 0.0943. The van der Waals surface area contributed by atoms with Gasteiger partial charge in [-0.25, -0.2) is 14.4 Å². The van der Waals surface area contributed by atoms with E-state index in [4.69, 9.17) is 25.5 Å². The van der Waals surface area contributed by atoms with E-state index in [2.05, 4.69) is 4.85 Å². The molecular weight excluding hydrogens is 541 g/mol. The van der Waals surface area contributed by atoms with Gasteiger partial charge in [-0.3, -0.25) is 0 Å². The summed E-state index contributed by atoms with van der Waals surface area (Å²) in [6.45, 7) is 15.4. The van der Waals surface area contributed by atoms with Gasteiger partial charge in [0.2, 0.25) is 0 Å². The third-order valence-corrected chi connectivity index (χ3v) is 9.86. The summed E-state index contributed by atoms with van der Waals surface area (Å²) >= 11 is 5.30. The highest BCUT2D eigenvalue weighted by Crippen LogP contribution is 2.68. The fourth-order valence-corrected chi connectivity index (χ4v) is 8.61. The third-order valence-electron chi connectivity index (χ3n) is 4.61. The number of nitrogens with zero attached hydrogens (tertiary/aromatic N) is 2. The monoisotopic (exact) mass is 564 g/mol. The topological polar surface area (TPSA) is 99.2 Å². The van der Waals surface area contributed by atoms with Crippen LogP contribution in [0.2, 0.25) is 0 Å². The molecule has 36 heavy (non-hydrogen) atoms. The summed E-state index contributed by atoms with van der Waals surface area (Å²) in [5.74, 6) is -0.145. The molecule has 0 radical (unpaired) electrons. The maximum atomic E-state index is 12.4.